The number of carbonyl (C=O) groups excluding carboxylic acids is 1. The van der Waals surface area contributed by atoms with Crippen LogP contribution in [0, 0.1) is 0 Å². The van der Waals surface area contributed by atoms with Crippen LogP contribution in [0.2, 0.25) is 0 Å². The van der Waals surface area contributed by atoms with Crippen molar-refractivity contribution in [2.45, 2.75) is 18.9 Å². The van der Waals surface area contributed by atoms with Crippen LogP contribution < -0.4 is 5.69 Å². The van der Waals surface area contributed by atoms with Crippen molar-refractivity contribution < 1.29 is 4.79 Å². The third-order valence-electron chi connectivity index (χ3n) is 5.50. The van der Waals surface area contributed by atoms with Gasteiger partial charge in [0.05, 0.1) is 5.69 Å². The number of hydrogen-bond acceptors (Lipinski definition) is 3. The highest BCUT2D eigenvalue weighted by Crippen LogP contribution is 2.30. The van der Waals surface area contributed by atoms with Crippen molar-refractivity contribution in [3.05, 3.63) is 94.7 Å². The molecular weight excluding hydrogens is 364 g/mol. The molecule has 4 aromatic rings. The van der Waals surface area contributed by atoms with Gasteiger partial charge in [0.1, 0.15) is 5.82 Å². The predicted octanol–water partition coefficient (Wildman–Crippen LogP) is 3.23. The smallest absolute Gasteiger partial charge is 0.338 e. The lowest BCUT2D eigenvalue weighted by Crippen LogP contribution is -2.25. The molecule has 5 rings (SSSR count). The normalized spacial score (nSPS) is 16.6. The van der Waals surface area contributed by atoms with Crippen LogP contribution in [0.5, 0.6) is 0 Å². The lowest BCUT2D eigenvalue weighted by atomic mass is 10.1. The van der Waals surface area contributed by atoms with Crippen LogP contribution in [0.4, 0.5) is 0 Å². The first-order chi connectivity index (χ1) is 14.2. The fraction of sp³-hybridized carbons (Fsp3) is 0.174. The summed E-state index contributed by atoms with van der Waals surface area (Å²) in [5.74, 6) is 0.554. The summed E-state index contributed by atoms with van der Waals surface area (Å²) < 4.78 is 1.62. The molecule has 0 saturated carbocycles. The van der Waals surface area contributed by atoms with E-state index in [0.717, 1.165) is 22.0 Å². The molecule has 0 radical (unpaired) electrons. The van der Waals surface area contributed by atoms with Gasteiger partial charge in [0.15, 0.2) is 0 Å². The van der Waals surface area contributed by atoms with Crippen molar-refractivity contribution in [3.8, 4) is 5.69 Å². The molecule has 6 heteroatoms. The minimum absolute atomic E-state index is 0.0822. The fourth-order valence-corrected chi connectivity index (χ4v) is 4.12. The van der Waals surface area contributed by atoms with Gasteiger partial charge in [-0.15, -0.1) is 0 Å². The summed E-state index contributed by atoms with van der Waals surface area (Å²) in [5.41, 5.74) is 1.59. The zero-order chi connectivity index (χ0) is 19.8. The number of H-pyrrole nitrogens is 1. The second-order valence-corrected chi connectivity index (χ2v) is 7.38. The molecule has 1 saturated heterocycles. The molecule has 0 spiro atoms. The van der Waals surface area contributed by atoms with Gasteiger partial charge < -0.3 is 4.90 Å². The maximum Gasteiger partial charge on any atom is 0.347 e. The summed E-state index contributed by atoms with van der Waals surface area (Å²) in [4.78, 5) is 27.1. The van der Waals surface area contributed by atoms with Crippen LogP contribution in [0.1, 0.15) is 23.7 Å². The van der Waals surface area contributed by atoms with Gasteiger partial charge in [-0.3, -0.25) is 4.79 Å². The van der Waals surface area contributed by atoms with Crippen molar-refractivity contribution in [3.63, 3.8) is 0 Å². The first-order valence-electron chi connectivity index (χ1n) is 9.68. The molecular formula is C23H20N4O2. The number of nitrogens with zero attached hydrogens (tertiary/aromatic N) is 3. The zero-order valence-electron chi connectivity index (χ0n) is 15.8. The van der Waals surface area contributed by atoms with E-state index in [1.54, 1.807) is 4.57 Å². The fourth-order valence-electron chi connectivity index (χ4n) is 4.12. The SMILES string of the molecule is O=C1CC(c2n[nH]c(=O)n2-c2cccc3ccccc23)CN1Cc1ccccc1. The van der Waals surface area contributed by atoms with Crippen LogP contribution in [0.15, 0.2) is 77.6 Å². The number of likely N-dealkylation sites (tertiary alicyclic amines) is 1. The largest absolute Gasteiger partial charge is 0.347 e. The Balaban J connectivity index is 1.51. The molecule has 144 valence electrons. The lowest BCUT2D eigenvalue weighted by Gasteiger charge is -2.17. The number of rotatable bonds is 4. The Kier molecular flexibility index (Phi) is 4.24. The number of aromatic amines is 1. The molecule has 1 atom stereocenters. The third kappa shape index (κ3) is 3.12. The number of hydrogen-bond donors (Lipinski definition) is 1. The maximum atomic E-state index is 12.6. The van der Waals surface area contributed by atoms with Gasteiger partial charge in [-0.1, -0.05) is 66.7 Å². The number of fused-ring (bicyclic) bond motifs is 1. The molecule has 1 aliphatic rings. The van der Waals surface area contributed by atoms with Crippen LogP contribution in [0.3, 0.4) is 0 Å². The summed E-state index contributed by atoms with van der Waals surface area (Å²) in [7, 11) is 0. The number of nitrogens with one attached hydrogen (secondary N) is 1. The van der Waals surface area contributed by atoms with E-state index < -0.39 is 0 Å². The molecule has 6 nitrogen and oxygen atoms in total. The molecule has 1 N–H and O–H groups in total. The first-order valence-corrected chi connectivity index (χ1v) is 9.68. The highest BCUT2D eigenvalue weighted by atomic mass is 16.2. The molecule has 1 aromatic heterocycles. The second kappa shape index (κ2) is 7.05. The van der Waals surface area contributed by atoms with E-state index in [0.29, 0.717) is 25.3 Å². The van der Waals surface area contributed by atoms with E-state index in [2.05, 4.69) is 10.2 Å². The highest BCUT2D eigenvalue weighted by molar-refractivity contribution is 5.90. The van der Waals surface area contributed by atoms with E-state index in [-0.39, 0.29) is 17.5 Å². The maximum absolute atomic E-state index is 12.6. The van der Waals surface area contributed by atoms with Gasteiger partial charge in [0, 0.05) is 30.8 Å². The standard InChI is InChI=1S/C23H20N4O2/c28-21-13-18(15-26(21)14-16-7-2-1-3-8-16)22-24-25-23(29)27(22)20-12-6-10-17-9-4-5-11-19(17)20/h1-12,18H,13-15H2,(H,25,29). The highest BCUT2D eigenvalue weighted by Gasteiger charge is 2.34. The van der Waals surface area contributed by atoms with Crippen molar-refractivity contribution >= 4 is 16.7 Å². The van der Waals surface area contributed by atoms with Crippen LogP contribution in [-0.4, -0.2) is 32.1 Å². The molecule has 1 amide bonds. The number of aromatic nitrogens is 3. The molecule has 1 unspecified atom stereocenters. The van der Waals surface area contributed by atoms with E-state index >= 15 is 0 Å². The molecule has 0 bridgehead atoms. The van der Waals surface area contributed by atoms with Gasteiger partial charge in [-0.25, -0.2) is 14.5 Å². The van der Waals surface area contributed by atoms with Crippen LogP contribution >= 0.6 is 0 Å². The van der Waals surface area contributed by atoms with E-state index in [1.165, 1.54) is 0 Å². The Morgan fingerprint density at radius 1 is 0.931 bits per heavy atom. The average molecular weight is 384 g/mol. The molecule has 0 aliphatic carbocycles. The lowest BCUT2D eigenvalue weighted by molar-refractivity contribution is -0.128. The molecule has 29 heavy (non-hydrogen) atoms. The Morgan fingerprint density at radius 2 is 1.69 bits per heavy atom. The van der Waals surface area contributed by atoms with Crippen molar-refractivity contribution in [1.82, 2.24) is 19.7 Å². The Hall–Kier alpha value is -3.67. The van der Waals surface area contributed by atoms with Crippen LogP contribution in [-0.2, 0) is 11.3 Å². The summed E-state index contributed by atoms with van der Waals surface area (Å²) in [6.07, 6.45) is 0.349. The minimum Gasteiger partial charge on any atom is -0.338 e. The van der Waals surface area contributed by atoms with Crippen LogP contribution in [0.25, 0.3) is 16.5 Å². The number of benzene rings is 3. The zero-order valence-corrected chi connectivity index (χ0v) is 15.8. The Labute approximate surface area is 167 Å². The number of carbonyl (C=O) groups is 1. The third-order valence-corrected chi connectivity index (χ3v) is 5.50. The average Bonchev–Trinajstić information content (AvgIpc) is 3.31. The monoisotopic (exact) mass is 384 g/mol. The molecule has 3 aromatic carbocycles. The number of amides is 1. The quantitative estimate of drug-likeness (QED) is 0.587. The Morgan fingerprint density at radius 3 is 2.55 bits per heavy atom. The Bertz CT molecular complexity index is 1240. The van der Waals surface area contributed by atoms with Gasteiger partial charge in [-0.05, 0) is 17.0 Å². The molecule has 2 heterocycles. The van der Waals surface area contributed by atoms with Gasteiger partial charge in [0.2, 0.25) is 5.91 Å². The van der Waals surface area contributed by atoms with Crippen molar-refractivity contribution in [2.75, 3.05) is 6.54 Å². The van der Waals surface area contributed by atoms with E-state index in [1.807, 2.05) is 77.7 Å². The van der Waals surface area contributed by atoms with Gasteiger partial charge in [-0.2, -0.15) is 5.10 Å². The van der Waals surface area contributed by atoms with Crippen molar-refractivity contribution in [2.24, 2.45) is 0 Å². The van der Waals surface area contributed by atoms with E-state index in [9.17, 15) is 9.59 Å². The minimum atomic E-state index is -0.287. The summed E-state index contributed by atoms with van der Waals surface area (Å²) in [6, 6.07) is 23.7. The van der Waals surface area contributed by atoms with Crippen molar-refractivity contribution in [1.29, 1.82) is 0 Å². The first kappa shape index (κ1) is 17.4. The molecule has 1 aliphatic heterocycles. The summed E-state index contributed by atoms with van der Waals surface area (Å²) >= 11 is 0. The van der Waals surface area contributed by atoms with Gasteiger partial charge in [0.25, 0.3) is 0 Å². The summed E-state index contributed by atoms with van der Waals surface area (Å²) in [6.45, 7) is 1.11. The topological polar surface area (TPSA) is 71.0 Å². The predicted molar refractivity (Wildman–Crippen MR) is 111 cm³/mol. The molecule has 1 fully saturated rings. The van der Waals surface area contributed by atoms with E-state index in [4.69, 9.17) is 0 Å². The second-order valence-electron chi connectivity index (χ2n) is 7.38. The van der Waals surface area contributed by atoms with Gasteiger partial charge >= 0.3 is 5.69 Å². The summed E-state index contributed by atoms with van der Waals surface area (Å²) in [5, 5.41) is 8.92.